The number of aromatic nitrogens is 2. The number of anilines is 1. The van der Waals surface area contributed by atoms with Crippen molar-refractivity contribution in [2.75, 3.05) is 31.2 Å². The maximum Gasteiger partial charge on any atom is 0.238 e. The molecule has 1 saturated carbocycles. The molecule has 8 nitrogen and oxygen atoms in total. The number of hydrogen-bond donors (Lipinski definition) is 3. The quantitative estimate of drug-likeness (QED) is 0.696. The molecule has 3 fully saturated rings. The van der Waals surface area contributed by atoms with Crippen LogP contribution in [0.5, 0.6) is 0 Å². The second kappa shape index (κ2) is 7.85. The Morgan fingerprint density at radius 2 is 2.08 bits per heavy atom. The number of carbonyl (C=O) groups is 1. The van der Waals surface area contributed by atoms with Crippen molar-refractivity contribution in [2.24, 2.45) is 0 Å². The first kappa shape index (κ1) is 17.6. The van der Waals surface area contributed by atoms with Crippen LogP contribution in [0.3, 0.4) is 0 Å². The van der Waals surface area contributed by atoms with E-state index in [-0.39, 0.29) is 18.0 Å². The number of amides is 1. The highest BCUT2D eigenvalue weighted by atomic mass is 16.5. The normalized spacial score (nSPS) is 31.5. The van der Waals surface area contributed by atoms with Gasteiger partial charge in [0.15, 0.2) is 0 Å². The zero-order valence-corrected chi connectivity index (χ0v) is 15.3. The molecule has 142 valence electrons. The van der Waals surface area contributed by atoms with Crippen LogP contribution in [0.2, 0.25) is 0 Å². The molecule has 3 heterocycles. The molecule has 2 atom stereocenters. The molecule has 8 heteroatoms. The third-order valence-electron chi connectivity index (χ3n) is 5.70. The number of morpholine rings is 1. The molecule has 3 aliphatic rings. The average molecular weight is 360 g/mol. The summed E-state index contributed by atoms with van der Waals surface area (Å²) in [5.74, 6) is 1.49. The summed E-state index contributed by atoms with van der Waals surface area (Å²) in [4.78, 5) is 23.5. The van der Waals surface area contributed by atoms with Crippen LogP contribution in [0.1, 0.15) is 44.2 Å². The molecule has 26 heavy (non-hydrogen) atoms. The van der Waals surface area contributed by atoms with Gasteiger partial charge in [-0.05, 0) is 25.7 Å². The molecule has 2 saturated heterocycles. The second-order valence-electron chi connectivity index (χ2n) is 7.46. The van der Waals surface area contributed by atoms with Gasteiger partial charge in [-0.2, -0.15) is 0 Å². The van der Waals surface area contributed by atoms with E-state index in [2.05, 4.69) is 44.0 Å². The van der Waals surface area contributed by atoms with Crippen molar-refractivity contribution in [3.63, 3.8) is 0 Å². The molecule has 0 spiro atoms. The predicted octanol–water partition coefficient (Wildman–Crippen LogP) is 0.321. The number of carbonyl (C=O) groups excluding carboxylic acids is 1. The molecule has 1 aromatic rings. The number of hydrazine groups is 1. The number of ether oxygens (including phenoxy) is 1. The number of nitrogens with one attached hydrogen (secondary N) is 3. The second-order valence-corrected chi connectivity index (χ2v) is 7.46. The van der Waals surface area contributed by atoms with Crippen LogP contribution in [0, 0.1) is 0 Å². The third-order valence-corrected chi connectivity index (χ3v) is 5.70. The highest BCUT2D eigenvalue weighted by molar-refractivity contribution is 5.82. The first-order valence-electron chi connectivity index (χ1n) is 9.69. The van der Waals surface area contributed by atoms with Crippen molar-refractivity contribution >= 4 is 11.7 Å². The lowest BCUT2D eigenvalue weighted by Gasteiger charge is -2.36. The van der Waals surface area contributed by atoms with E-state index in [1.54, 1.807) is 6.33 Å². The Balaban J connectivity index is 1.27. The molecule has 2 aliphatic heterocycles. The Kier molecular flexibility index (Phi) is 5.33. The summed E-state index contributed by atoms with van der Waals surface area (Å²) in [6.45, 7) is 5.38. The fraction of sp³-hybridized carbons (Fsp3) is 0.722. The van der Waals surface area contributed by atoms with Crippen LogP contribution < -0.4 is 21.1 Å². The molecule has 0 bridgehead atoms. The maximum absolute atomic E-state index is 12.4. The molecule has 1 aliphatic carbocycles. The Morgan fingerprint density at radius 3 is 2.81 bits per heavy atom. The summed E-state index contributed by atoms with van der Waals surface area (Å²) in [6.07, 6.45) is 5.44. The van der Waals surface area contributed by atoms with E-state index in [9.17, 15) is 4.79 Å². The summed E-state index contributed by atoms with van der Waals surface area (Å²) in [7, 11) is 0. The minimum absolute atomic E-state index is 0.105. The molecule has 1 aromatic heterocycles. The molecule has 3 N–H and O–H groups in total. The van der Waals surface area contributed by atoms with Gasteiger partial charge in [0.05, 0.1) is 13.2 Å². The van der Waals surface area contributed by atoms with Crippen LogP contribution in [0.4, 0.5) is 5.82 Å². The van der Waals surface area contributed by atoms with Gasteiger partial charge in [0.1, 0.15) is 18.2 Å². The van der Waals surface area contributed by atoms with Gasteiger partial charge in [-0.1, -0.05) is 6.92 Å². The third kappa shape index (κ3) is 3.82. The lowest BCUT2D eigenvalue weighted by atomic mass is 9.78. The average Bonchev–Trinajstić information content (AvgIpc) is 3.14. The highest BCUT2D eigenvalue weighted by Gasteiger charge is 2.35. The lowest BCUT2D eigenvalue weighted by molar-refractivity contribution is -0.124. The topological polar surface area (TPSA) is 91.4 Å². The van der Waals surface area contributed by atoms with Crippen molar-refractivity contribution < 1.29 is 9.53 Å². The Hall–Kier alpha value is -1.77. The van der Waals surface area contributed by atoms with Crippen molar-refractivity contribution in [3.05, 3.63) is 18.1 Å². The van der Waals surface area contributed by atoms with E-state index in [1.807, 2.05) is 0 Å². The van der Waals surface area contributed by atoms with Gasteiger partial charge in [0, 0.05) is 42.9 Å². The van der Waals surface area contributed by atoms with Crippen molar-refractivity contribution in [2.45, 2.75) is 56.7 Å². The zero-order chi connectivity index (χ0) is 17.9. The molecular weight excluding hydrogens is 332 g/mol. The summed E-state index contributed by atoms with van der Waals surface area (Å²) < 4.78 is 5.40. The minimum Gasteiger partial charge on any atom is -0.378 e. The van der Waals surface area contributed by atoms with Crippen molar-refractivity contribution in [1.29, 1.82) is 0 Å². The largest absolute Gasteiger partial charge is 0.378 e. The molecule has 1 amide bonds. The van der Waals surface area contributed by atoms with Gasteiger partial charge in [0.25, 0.3) is 0 Å². The fourth-order valence-corrected chi connectivity index (χ4v) is 3.89. The van der Waals surface area contributed by atoms with E-state index in [0.717, 1.165) is 63.5 Å². The summed E-state index contributed by atoms with van der Waals surface area (Å²) in [5, 5.41) is 3.17. The first-order valence-corrected chi connectivity index (χ1v) is 9.69. The highest BCUT2D eigenvalue weighted by Crippen LogP contribution is 2.36. The molecule has 0 radical (unpaired) electrons. The summed E-state index contributed by atoms with van der Waals surface area (Å²) in [5.41, 5.74) is 7.36. The van der Waals surface area contributed by atoms with E-state index >= 15 is 0 Å². The Labute approximate surface area is 154 Å². The van der Waals surface area contributed by atoms with E-state index in [0.29, 0.717) is 12.0 Å². The fourth-order valence-electron chi connectivity index (χ4n) is 3.89. The smallest absolute Gasteiger partial charge is 0.238 e. The van der Waals surface area contributed by atoms with Crippen LogP contribution >= 0.6 is 0 Å². The molecule has 2 unspecified atom stereocenters. The van der Waals surface area contributed by atoms with Gasteiger partial charge in [-0.15, -0.1) is 0 Å². The standard InChI is InChI=1S/C18H28N6O2/c1-2-13-9-16(23-22-13)18(25)21-14-7-12(8-14)15-10-17(20-11-19-15)24-3-5-26-6-4-24/h10-14,16,22-23H,2-9H2,1H3,(H,21,25). The van der Waals surface area contributed by atoms with E-state index in [1.165, 1.54) is 0 Å². The van der Waals surface area contributed by atoms with Gasteiger partial charge in [-0.25, -0.2) is 15.4 Å². The number of rotatable bonds is 5. The van der Waals surface area contributed by atoms with Gasteiger partial charge < -0.3 is 15.0 Å². The minimum atomic E-state index is -0.119. The molecular formula is C18H28N6O2. The Bertz CT molecular complexity index is 630. The van der Waals surface area contributed by atoms with Crippen molar-refractivity contribution in [1.82, 2.24) is 26.1 Å². The lowest BCUT2D eigenvalue weighted by Crippen LogP contribution is -2.50. The van der Waals surface area contributed by atoms with Crippen molar-refractivity contribution in [3.8, 4) is 0 Å². The molecule has 4 rings (SSSR count). The van der Waals surface area contributed by atoms with Crippen LogP contribution in [-0.4, -0.2) is 60.3 Å². The van der Waals surface area contributed by atoms with Gasteiger partial charge >= 0.3 is 0 Å². The SMILES string of the molecule is CCC1CC(C(=O)NC2CC(c3cc(N4CCOCC4)ncn3)C2)NN1. The predicted molar refractivity (Wildman–Crippen MR) is 97.7 cm³/mol. The maximum atomic E-state index is 12.4. The summed E-state index contributed by atoms with van der Waals surface area (Å²) in [6, 6.07) is 2.62. The zero-order valence-electron chi connectivity index (χ0n) is 15.3. The van der Waals surface area contributed by atoms with Gasteiger partial charge in [0.2, 0.25) is 5.91 Å². The van der Waals surface area contributed by atoms with Crippen LogP contribution in [0.15, 0.2) is 12.4 Å². The van der Waals surface area contributed by atoms with E-state index < -0.39 is 0 Å². The monoisotopic (exact) mass is 360 g/mol. The molecule has 0 aromatic carbocycles. The first-order chi connectivity index (χ1) is 12.7. The van der Waals surface area contributed by atoms with Gasteiger partial charge in [-0.3, -0.25) is 10.2 Å². The summed E-state index contributed by atoms with van der Waals surface area (Å²) >= 11 is 0. The van der Waals surface area contributed by atoms with Crippen LogP contribution in [-0.2, 0) is 9.53 Å². The number of hydrogen-bond acceptors (Lipinski definition) is 7. The number of nitrogens with zero attached hydrogens (tertiary/aromatic N) is 3. The van der Waals surface area contributed by atoms with Crippen LogP contribution in [0.25, 0.3) is 0 Å². The Morgan fingerprint density at radius 1 is 1.27 bits per heavy atom. The van der Waals surface area contributed by atoms with E-state index in [4.69, 9.17) is 4.74 Å².